The highest BCUT2D eigenvalue weighted by Gasteiger charge is 2.23. The van der Waals surface area contributed by atoms with Gasteiger partial charge in [-0.3, -0.25) is 4.79 Å². The van der Waals surface area contributed by atoms with E-state index in [4.69, 9.17) is 14.2 Å². The predicted octanol–water partition coefficient (Wildman–Crippen LogP) is 5.39. The summed E-state index contributed by atoms with van der Waals surface area (Å²) in [4.78, 5) is 13.3. The van der Waals surface area contributed by atoms with Gasteiger partial charge in [0.25, 0.3) is 0 Å². The number of ketones is 1. The largest absolute Gasteiger partial charge is 0.496 e. The maximum atomic E-state index is 13.3. The summed E-state index contributed by atoms with van der Waals surface area (Å²) in [5, 5.41) is 0. The summed E-state index contributed by atoms with van der Waals surface area (Å²) in [5.74, 6) is 1.75. The Kier molecular flexibility index (Phi) is 6.89. The number of methoxy groups -OCH3 is 2. The maximum Gasteiger partial charge on any atom is 0.204 e. The van der Waals surface area contributed by atoms with Crippen LogP contribution in [0.3, 0.4) is 0 Å². The van der Waals surface area contributed by atoms with Gasteiger partial charge < -0.3 is 14.2 Å². The monoisotopic (exact) mass is 370 g/mol. The van der Waals surface area contributed by atoms with E-state index in [1.165, 1.54) is 0 Å². The Morgan fingerprint density at radius 3 is 2.04 bits per heavy atom. The average Bonchev–Trinajstić information content (AvgIpc) is 2.64. The van der Waals surface area contributed by atoms with Gasteiger partial charge in [-0.2, -0.15) is 0 Å². The number of hydrogen-bond donors (Lipinski definition) is 0. The molecule has 0 aromatic heterocycles. The van der Waals surface area contributed by atoms with Crippen LogP contribution < -0.4 is 14.2 Å². The minimum atomic E-state index is -0.177. The molecule has 27 heavy (non-hydrogen) atoms. The van der Waals surface area contributed by atoms with Gasteiger partial charge >= 0.3 is 0 Å². The Hall–Kier alpha value is -2.49. The molecule has 0 radical (unpaired) electrons. The lowest BCUT2D eigenvalue weighted by molar-refractivity contribution is 0.102. The molecule has 0 saturated carbocycles. The van der Waals surface area contributed by atoms with Crippen molar-refractivity contribution in [2.45, 2.75) is 34.1 Å². The van der Waals surface area contributed by atoms with Gasteiger partial charge in [0.2, 0.25) is 5.78 Å². The molecule has 0 heterocycles. The number of benzene rings is 2. The number of carbonyl (C=O) groups is 1. The minimum Gasteiger partial charge on any atom is -0.496 e. The van der Waals surface area contributed by atoms with E-state index in [1.54, 1.807) is 38.5 Å². The highest BCUT2D eigenvalue weighted by Crippen LogP contribution is 2.33. The van der Waals surface area contributed by atoms with Crippen molar-refractivity contribution in [3.8, 4) is 17.2 Å². The summed E-state index contributed by atoms with van der Waals surface area (Å²) in [6, 6.07) is 12.6. The zero-order valence-electron chi connectivity index (χ0n) is 17.2. The Labute approximate surface area is 162 Å². The second kappa shape index (κ2) is 8.94. The van der Waals surface area contributed by atoms with Crippen molar-refractivity contribution in [1.29, 1.82) is 0 Å². The molecular formula is C23H30O4. The zero-order chi connectivity index (χ0) is 20.0. The van der Waals surface area contributed by atoms with E-state index in [9.17, 15) is 4.79 Å². The lowest BCUT2D eigenvalue weighted by Crippen LogP contribution is -2.17. The second-order valence-electron chi connectivity index (χ2n) is 8.04. The number of rotatable bonds is 8. The van der Waals surface area contributed by atoms with Gasteiger partial charge in [-0.25, -0.2) is 0 Å². The molecule has 0 spiro atoms. The number of hydrogen-bond acceptors (Lipinski definition) is 4. The lowest BCUT2D eigenvalue weighted by atomic mass is 9.86. The van der Waals surface area contributed by atoms with Crippen LogP contribution in [0.25, 0.3) is 0 Å². The summed E-state index contributed by atoms with van der Waals surface area (Å²) in [5.41, 5.74) is 1.15. The Balaban J connectivity index is 2.29. The number of ether oxygens (including phenoxy) is 3. The van der Waals surface area contributed by atoms with Crippen molar-refractivity contribution >= 4 is 5.78 Å². The lowest BCUT2D eigenvalue weighted by Gasteiger charge is -2.23. The van der Waals surface area contributed by atoms with Gasteiger partial charge in [0.15, 0.2) is 0 Å². The first kappa shape index (κ1) is 20.8. The minimum absolute atomic E-state index is 0.177. The van der Waals surface area contributed by atoms with Crippen LogP contribution in [0.5, 0.6) is 17.2 Å². The fourth-order valence-electron chi connectivity index (χ4n) is 3.33. The van der Waals surface area contributed by atoms with Crippen LogP contribution in [0.15, 0.2) is 42.5 Å². The van der Waals surface area contributed by atoms with Crippen LogP contribution in [0.4, 0.5) is 0 Å². The van der Waals surface area contributed by atoms with Crippen LogP contribution >= 0.6 is 0 Å². The van der Waals surface area contributed by atoms with E-state index in [2.05, 4.69) is 27.7 Å². The molecule has 4 heteroatoms. The third-order valence-electron chi connectivity index (χ3n) is 4.27. The molecule has 2 aromatic carbocycles. The molecule has 146 valence electrons. The normalized spacial score (nSPS) is 12.4. The molecule has 0 fully saturated rings. The van der Waals surface area contributed by atoms with E-state index in [0.29, 0.717) is 40.9 Å². The summed E-state index contributed by atoms with van der Waals surface area (Å²) >= 11 is 0. The molecule has 2 rings (SSSR count). The second-order valence-corrected chi connectivity index (χ2v) is 8.04. The van der Waals surface area contributed by atoms with Gasteiger partial charge in [-0.15, -0.1) is 0 Å². The number of para-hydroxylation sites is 1. The van der Waals surface area contributed by atoms with E-state index < -0.39 is 0 Å². The quantitative estimate of drug-likeness (QED) is 0.585. The van der Waals surface area contributed by atoms with Crippen molar-refractivity contribution in [2.24, 2.45) is 11.3 Å². The van der Waals surface area contributed by atoms with E-state index in [0.717, 1.165) is 6.42 Å². The molecule has 0 amide bonds. The molecule has 1 atom stereocenters. The summed E-state index contributed by atoms with van der Waals surface area (Å²) in [6.45, 7) is 9.38. The van der Waals surface area contributed by atoms with Crippen LogP contribution in [-0.4, -0.2) is 26.6 Å². The zero-order valence-corrected chi connectivity index (χ0v) is 17.2. The fourth-order valence-corrected chi connectivity index (χ4v) is 3.33. The van der Waals surface area contributed by atoms with Gasteiger partial charge in [-0.05, 0) is 42.0 Å². The Bertz CT molecular complexity index is 752. The van der Waals surface area contributed by atoms with Crippen molar-refractivity contribution in [3.63, 3.8) is 0 Å². The topological polar surface area (TPSA) is 44.8 Å². The van der Waals surface area contributed by atoms with E-state index in [1.807, 2.05) is 18.2 Å². The highest BCUT2D eigenvalue weighted by atomic mass is 16.5. The SMILES string of the molecule is COc1cccc(OC)c1C(=O)c1ccccc1OCC(C)CC(C)(C)C. The van der Waals surface area contributed by atoms with Gasteiger partial charge in [0.05, 0.1) is 26.4 Å². The molecule has 1 unspecified atom stereocenters. The molecule has 0 saturated heterocycles. The smallest absolute Gasteiger partial charge is 0.204 e. The van der Waals surface area contributed by atoms with Crippen molar-refractivity contribution in [1.82, 2.24) is 0 Å². The molecular weight excluding hydrogens is 340 g/mol. The standard InChI is InChI=1S/C23H30O4/c1-16(14-23(2,3)4)15-27-18-11-8-7-10-17(18)22(24)21-19(25-5)12-9-13-20(21)26-6/h7-13,16H,14-15H2,1-6H3. The third kappa shape index (κ3) is 5.49. The van der Waals surface area contributed by atoms with Crippen LogP contribution in [0.1, 0.15) is 50.0 Å². The molecule has 0 N–H and O–H groups in total. The summed E-state index contributed by atoms with van der Waals surface area (Å²) in [6.07, 6.45) is 1.05. The van der Waals surface area contributed by atoms with Gasteiger partial charge in [-0.1, -0.05) is 45.9 Å². The van der Waals surface area contributed by atoms with Gasteiger partial charge in [0, 0.05) is 0 Å². The van der Waals surface area contributed by atoms with Gasteiger partial charge in [0.1, 0.15) is 22.8 Å². The van der Waals surface area contributed by atoms with Crippen LogP contribution in [0.2, 0.25) is 0 Å². The van der Waals surface area contributed by atoms with Crippen molar-refractivity contribution in [3.05, 3.63) is 53.6 Å². The number of carbonyl (C=O) groups excluding carboxylic acids is 1. The van der Waals surface area contributed by atoms with Crippen molar-refractivity contribution < 1.29 is 19.0 Å². The van der Waals surface area contributed by atoms with Crippen LogP contribution in [0, 0.1) is 11.3 Å². The van der Waals surface area contributed by atoms with E-state index in [-0.39, 0.29) is 11.2 Å². The van der Waals surface area contributed by atoms with Crippen molar-refractivity contribution in [2.75, 3.05) is 20.8 Å². The molecule has 0 bridgehead atoms. The Morgan fingerprint density at radius 2 is 1.48 bits per heavy atom. The van der Waals surface area contributed by atoms with Crippen LogP contribution in [-0.2, 0) is 0 Å². The molecule has 0 aliphatic carbocycles. The van der Waals surface area contributed by atoms with E-state index >= 15 is 0 Å². The maximum absolute atomic E-state index is 13.3. The summed E-state index contributed by atoms with van der Waals surface area (Å²) < 4.78 is 16.8. The first-order valence-electron chi connectivity index (χ1n) is 9.24. The molecule has 4 nitrogen and oxygen atoms in total. The molecule has 0 aliphatic rings. The first-order valence-corrected chi connectivity index (χ1v) is 9.24. The summed E-state index contributed by atoms with van der Waals surface area (Å²) in [7, 11) is 3.09. The fraction of sp³-hybridized carbons (Fsp3) is 0.435. The predicted molar refractivity (Wildman–Crippen MR) is 108 cm³/mol. The highest BCUT2D eigenvalue weighted by molar-refractivity contribution is 6.14. The Morgan fingerprint density at radius 1 is 0.926 bits per heavy atom. The first-order chi connectivity index (χ1) is 12.8. The molecule has 0 aliphatic heterocycles. The average molecular weight is 370 g/mol. The molecule has 2 aromatic rings. The third-order valence-corrected chi connectivity index (χ3v) is 4.27.